The predicted molar refractivity (Wildman–Crippen MR) is 121 cm³/mol. The van der Waals surface area contributed by atoms with Crippen LogP contribution < -0.4 is 16.0 Å². The number of nitrogens with two attached hydrogens (primary N) is 1. The zero-order valence-electron chi connectivity index (χ0n) is 17.5. The maximum Gasteiger partial charge on any atom is 0.254 e. The molecule has 0 unspecified atom stereocenters. The van der Waals surface area contributed by atoms with Gasteiger partial charge in [0.2, 0.25) is 11.9 Å². The van der Waals surface area contributed by atoms with Crippen LogP contribution in [-0.4, -0.2) is 32.0 Å². The third kappa shape index (κ3) is 3.46. The number of anilines is 4. The lowest BCUT2D eigenvalue weighted by Crippen LogP contribution is -2.18. The van der Waals surface area contributed by atoms with Gasteiger partial charge in [0.15, 0.2) is 0 Å². The maximum absolute atomic E-state index is 12.7. The number of carbonyl (C=O) groups is 1. The van der Waals surface area contributed by atoms with E-state index < -0.39 is 0 Å². The molecule has 0 radical (unpaired) electrons. The number of hydrogen-bond acceptors (Lipinski definition) is 6. The molecule has 0 saturated heterocycles. The molecule has 0 saturated carbocycles. The van der Waals surface area contributed by atoms with Crippen molar-refractivity contribution in [2.24, 2.45) is 0 Å². The maximum atomic E-state index is 12.7. The highest BCUT2D eigenvalue weighted by molar-refractivity contribution is 5.92. The van der Waals surface area contributed by atoms with E-state index in [0.29, 0.717) is 5.78 Å². The fourth-order valence-electron chi connectivity index (χ4n) is 4.18. The zero-order chi connectivity index (χ0) is 21.5. The average Bonchev–Trinajstić information content (AvgIpc) is 3.35. The minimum absolute atomic E-state index is 0.111. The van der Waals surface area contributed by atoms with E-state index in [2.05, 4.69) is 49.5 Å². The summed E-state index contributed by atoms with van der Waals surface area (Å²) in [7, 11) is 0. The van der Waals surface area contributed by atoms with E-state index in [1.54, 1.807) is 4.52 Å². The second-order valence-electron chi connectivity index (χ2n) is 7.75. The Kier molecular flexibility index (Phi) is 4.54. The van der Waals surface area contributed by atoms with E-state index in [0.717, 1.165) is 41.3 Å². The summed E-state index contributed by atoms with van der Waals surface area (Å²) in [4.78, 5) is 23.5. The third-order valence-corrected chi connectivity index (χ3v) is 5.75. The van der Waals surface area contributed by atoms with Crippen molar-refractivity contribution in [3.8, 4) is 0 Å². The summed E-state index contributed by atoms with van der Waals surface area (Å²) >= 11 is 0. The fourth-order valence-corrected chi connectivity index (χ4v) is 4.18. The van der Waals surface area contributed by atoms with Crippen LogP contribution >= 0.6 is 0 Å². The van der Waals surface area contributed by atoms with Crippen molar-refractivity contribution in [1.82, 2.24) is 19.6 Å². The Morgan fingerprint density at radius 1 is 1.10 bits per heavy atom. The highest BCUT2D eigenvalue weighted by atomic mass is 16.1. The minimum Gasteiger partial charge on any atom is -0.366 e. The first-order chi connectivity index (χ1) is 15.0. The smallest absolute Gasteiger partial charge is 0.254 e. The normalized spacial score (nSPS) is 12.9. The molecule has 8 heteroatoms. The van der Waals surface area contributed by atoms with E-state index in [-0.39, 0.29) is 18.3 Å². The Hall–Kier alpha value is -3.94. The molecular formula is C23H23N7O. The molecule has 5 rings (SSSR count). The van der Waals surface area contributed by atoms with Crippen LogP contribution in [0.2, 0.25) is 0 Å². The molecule has 0 fully saturated rings. The summed E-state index contributed by atoms with van der Waals surface area (Å²) in [6, 6.07) is 16.4. The van der Waals surface area contributed by atoms with Crippen molar-refractivity contribution in [2.75, 3.05) is 22.5 Å². The van der Waals surface area contributed by atoms with Gasteiger partial charge in [-0.2, -0.15) is 9.50 Å². The number of nitrogens with zero attached hydrogens (tertiary/aromatic N) is 5. The van der Waals surface area contributed by atoms with E-state index >= 15 is 0 Å². The second-order valence-corrected chi connectivity index (χ2v) is 7.75. The van der Waals surface area contributed by atoms with Crippen molar-refractivity contribution in [3.05, 3.63) is 71.0 Å². The van der Waals surface area contributed by atoms with Crippen LogP contribution in [0.25, 0.3) is 5.78 Å². The van der Waals surface area contributed by atoms with Crippen LogP contribution in [0.1, 0.15) is 22.5 Å². The Balaban J connectivity index is 1.31. The van der Waals surface area contributed by atoms with Gasteiger partial charge in [-0.1, -0.05) is 18.2 Å². The molecule has 1 aliphatic heterocycles. The highest BCUT2D eigenvalue weighted by Gasteiger charge is 2.20. The lowest BCUT2D eigenvalue weighted by Gasteiger charge is -2.20. The van der Waals surface area contributed by atoms with Crippen molar-refractivity contribution in [2.45, 2.75) is 26.7 Å². The number of nitrogen functional groups attached to an aromatic ring is 1. The van der Waals surface area contributed by atoms with Crippen LogP contribution in [0.15, 0.2) is 48.5 Å². The van der Waals surface area contributed by atoms with Crippen molar-refractivity contribution in [1.29, 1.82) is 0 Å². The number of carbonyl (C=O) groups excluding carboxylic acids is 1. The first-order valence-electron chi connectivity index (χ1n) is 10.2. The molecular weight excluding hydrogens is 390 g/mol. The van der Waals surface area contributed by atoms with Crippen LogP contribution in [0, 0.1) is 13.8 Å². The minimum atomic E-state index is -0.111. The molecule has 1 amide bonds. The number of para-hydroxylation sites is 1. The molecule has 3 N–H and O–H groups in total. The standard InChI is InChI=1S/C23H23N7O/c1-14-19(15(2)30-23(25-14)27-22(24)28-30)13-21(31)26-17-7-9-18(10-8-17)29-12-11-16-5-3-4-6-20(16)29/h3-10H,11-13H2,1-2H3,(H2,24,28)(H,26,31). The number of aromatic nitrogens is 4. The number of fused-ring (bicyclic) bond motifs is 2. The molecule has 31 heavy (non-hydrogen) atoms. The van der Waals surface area contributed by atoms with Crippen LogP contribution in [0.5, 0.6) is 0 Å². The van der Waals surface area contributed by atoms with Gasteiger partial charge in [-0.3, -0.25) is 4.79 Å². The van der Waals surface area contributed by atoms with Crippen molar-refractivity contribution >= 4 is 34.7 Å². The highest BCUT2D eigenvalue weighted by Crippen LogP contribution is 2.34. The number of hydrogen-bond donors (Lipinski definition) is 2. The zero-order valence-corrected chi connectivity index (χ0v) is 17.5. The Labute approximate surface area is 179 Å². The number of benzene rings is 2. The molecule has 2 aromatic carbocycles. The lowest BCUT2D eigenvalue weighted by molar-refractivity contribution is -0.115. The largest absolute Gasteiger partial charge is 0.366 e. The predicted octanol–water partition coefficient (Wildman–Crippen LogP) is 3.20. The molecule has 0 atom stereocenters. The molecule has 0 aliphatic carbocycles. The molecule has 8 nitrogen and oxygen atoms in total. The number of amides is 1. The van der Waals surface area contributed by atoms with Gasteiger partial charge in [0.25, 0.3) is 5.78 Å². The summed E-state index contributed by atoms with van der Waals surface area (Å²) in [6.45, 7) is 4.72. The lowest BCUT2D eigenvalue weighted by atomic mass is 10.1. The quantitative estimate of drug-likeness (QED) is 0.533. The van der Waals surface area contributed by atoms with Gasteiger partial charge < -0.3 is 16.0 Å². The van der Waals surface area contributed by atoms with Crippen molar-refractivity contribution in [3.63, 3.8) is 0 Å². The van der Waals surface area contributed by atoms with Gasteiger partial charge >= 0.3 is 0 Å². The van der Waals surface area contributed by atoms with Gasteiger partial charge in [0.05, 0.1) is 6.42 Å². The molecule has 0 spiro atoms. The molecule has 156 valence electrons. The number of nitrogens with one attached hydrogen (secondary N) is 1. The first-order valence-corrected chi connectivity index (χ1v) is 10.2. The van der Waals surface area contributed by atoms with E-state index in [1.807, 2.05) is 38.1 Å². The van der Waals surface area contributed by atoms with Gasteiger partial charge in [0, 0.05) is 40.6 Å². The summed E-state index contributed by atoms with van der Waals surface area (Å²) in [5, 5.41) is 7.13. The van der Waals surface area contributed by atoms with Gasteiger partial charge in [-0.05, 0) is 56.2 Å². The Morgan fingerprint density at radius 2 is 1.87 bits per heavy atom. The molecule has 0 bridgehead atoms. The van der Waals surface area contributed by atoms with Gasteiger partial charge in [-0.15, -0.1) is 5.10 Å². The van der Waals surface area contributed by atoms with Crippen LogP contribution in [-0.2, 0) is 17.6 Å². The molecule has 4 aromatic rings. The Morgan fingerprint density at radius 3 is 2.68 bits per heavy atom. The summed E-state index contributed by atoms with van der Waals surface area (Å²) < 4.78 is 1.58. The molecule has 2 aromatic heterocycles. The fraction of sp³-hybridized carbons (Fsp3) is 0.217. The monoisotopic (exact) mass is 413 g/mol. The Bertz CT molecular complexity index is 1290. The van der Waals surface area contributed by atoms with Crippen LogP contribution in [0.3, 0.4) is 0 Å². The van der Waals surface area contributed by atoms with E-state index in [4.69, 9.17) is 5.73 Å². The topological polar surface area (TPSA) is 101 Å². The van der Waals surface area contributed by atoms with E-state index in [1.165, 1.54) is 11.3 Å². The van der Waals surface area contributed by atoms with Gasteiger partial charge in [-0.25, -0.2) is 4.98 Å². The molecule has 3 heterocycles. The second kappa shape index (κ2) is 7.39. The molecule has 1 aliphatic rings. The first kappa shape index (κ1) is 19.0. The van der Waals surface area contributed by atoms with E-state index in [9.17, 15) is 4.79 Å². The SMILES string of the molecule is Cc1nc2nc(N)nn2c(C)c1CC(=O)Nc1ccc(N2CCc3ccccc32)cc1. The summed E-state index contributed by atoms with van der Waals surface area (Å²) in [5.74, 6) is 0.493. The van der Waals surface area contributed by atoms with Gasteiger partial charge in [0.1, 0.15) is 0 Å². The number of aryl methyl sites for hydroxylation is 2. The number of rotatable bonds is 4. The van der Waals surface area contributed by atoms with Crippen LogP contribution in [0.4, 0.5) is 23.0 Å². The average molecular weight is 413 g/mol. The summed E-state index contributed by atoms with van der Waals surface area (Å²) in [5.41, 5.74) is 12.6. The van der Waals surface area contributed by atoms with Crippen molar-refractivity contribution < 1.29 is 4.79 Å². The third-order valence-electron chi connectivity index (χ3n) is 5.75. The summed E-state index contributed by atoms with van der Waals surface area (Å²) in [6.07, 6.45) is 1.24.